The Morgan fingerprint density at radius 2 is 2.38 bits per heavy atom. The molecule has 2 aliphatic heterocycles. The van der Waals surface area contributed by atoms with Crippen molar-refractivity contribution in [3.8, 4) is 0 Å². The van der Waals surface area contributed by atoms with Gasteiger partial charge in [0.1, 0.15) is 11.8 Å². The highest BCUT2D eigenvalue weighted by Crippen LogP contribution is 2.30. The number of nitrogens with zero attached hydrogens (tertiary/aromatic N) is 2. The Morgan fingerprint density at radius 3 is 3.24 bits per heavy atom. The Balaban J connectivity index is 1.69. The van der Waals surface area contributed by atoms with Crippen LogP contribution in [-0.4, -0.2) is 35.0 Å². The lowest BCUT2D eigenvalue weighted by Crippen LogP contribution is -2.41. The second-order valence-corrected chi connectivity index (χ2v) is 5.43. The number of ether oxygens (including phenoxy) is 2. The molecular weight excluding hydrogens is 270 g/mol. The molecule has 0 spiro atoms. The van der Waals surface area contributed by atoms with E-state index >= 15 is 0 Å². The van der Waals surface area contributed by atoms with Gasteiger partial charge in [0.05, 0.1) is 12.2 Å². The number of carbonyl (C=O) groups excluding carboxylic acids is 1. The molecule has 1 N–H and O–H groups in total. The fourth-order valence-corrected chi connectivity index (χ4v) is 2.99. The first-order valence-electron chi connectivity index (χ1n) is 7.34. The fourth-order valence-electron chi connectivity index (χ4n) is 2.99. The molecule has 4 rings (SSSR count). The van der Waals surface area contributed by atoms with E-state index in [4.69, 9.17) is 9.47 Å². The SMILES string of the molecule is O=C1NCC(OC2CCCCO2)c2cc3cccnc3n21. The van der Waals surface area contributed by atoms with Crippen LogP contribution in [0, 0.1) is 0 Å². The van der Waals surface area contributed by atoms with Crippen molar-refractivity contribution in [2.24, 2.45) is 0 Å². The van der Waals surface area contributed by atoms with Crippen LogP contribution >= 0.6 is 0 Å². The van der Waals surface area contributed by atoms with E-state index < -0.39 is 0 Å². The summed E-state index contributed by atoms with van der Waals surface area (Å²) in [6, 6.07) is 5.65. The van der Waals surface area contributed by atoms with Crippen molar-refractivity contribution < 1.29 is 14.3 Å². The molecule has 4 heterocycles. The molecule has 21 heavy (non-hydrogen) atoms. The topological polar surface area (TPSA) is 65.4 Å². The predicted octanol–water partition coefficient (Wildman–Crippen LogP) is 2.19. The zero-order valence-electron chi connectivity index (χ0n) is 11.6. The van der Waals surface area contributed by atoms with E-state index in [-0.39, 0.29) is 18.4 Å². The molecule has 2 aromatic heterocycles. The number of amides is 1. The zero-order chi connectivity index (χ0) is 14.2. The smallest absolute Gasteiger partial charge is 0.327 e. The lowest BCUT2D eigenvalue weighted by Gasteiger charge is -2.30. The average molecular weight is 287 g/mol. The van der Waals surface area contributed by atoms with Crippen molar-refractivity contribution in [3.63, 3.8) is 0 Å². The van der Waals surface area contributed by atoms with Gasteiger partial charge in [0.2, 0.25) is 0 Å². The van der Waals surface area contributed by atoms with Crippen LogP contribution in [0.1, 0.15) is 31.1 Å². The molecule has 1 fully saturated rings. The highest BCUT2D eigenvalue weighted by molar-refractivity contribution is 5.91. The summed E-state index contributed by atoms with van der Waals surface area (Å²) in [4.78, 5) is 16.4. The van der Waals surface area contributed by atoms with Gasteiger partial charge in [-0.05, 0) is 37.5 Å². The van der Waals surface area contributed by atoms with Gasteiger partial charge in [0.15, 0.2) is 6.29 Å². The van der Waals surface area contributed by atoms with Gasteiger partial charge < -0.3 is 14.8 Å². The summed E-state index contributed by atoms with van der Waals surface area (Å²) < 4.78 is 13.3. The van der Waals surface area contributed by atoms with Gasteiger partial charge in [-0.15, -0.1) is 0 Å². The number of nitrogens with one attached hydrogen (secondary N) is 1. The van der Waals surface area contributed by atoms with Gasteiger partial charge >= 0.3 is 6.03 Å². The van der Waals surface area contributed by atoms with E-state index in [1.165, 1.54) is 0 Å². The van der Waals surface area contributed by atoms with Gasteiger partial charge in [-0.2, -0.15) is 0 Å². The van der Waals surface area contributed by atoms with E-state index in [0.29, 0.717) is 12.2 Å². The van der Waals surface area contributed by atoms with E-state index in [1.54, 1.807) is 10.8 Å². The minimum Gasteiger partial charge on any atom is -0.353 e. The zero-order valence-corrected chi connectivity index (χ0v) is 11.6. The Bertz CT molecular complexity index is 676. The van der Waals surface area contributed by atoms with Crippen molar-refractivity contribution >= 4 is 17.1 Å². The highest BCUT2D eigenvalue weighted by atomic mass is 16.7. The molecule has 1 amide bonds. The minimum atomic E-state index is -0.194. The fraction of sp³-hybridized carbons (Fsp3) is 0.467. The largest absolute Gasteiger partial charge is 0.353 e. The van der Waals surface area contributed by atoms with Crippen LogP contribution in [0.5, 0.6) is 0 Å². The number of hydrogen-bond acceptors (Lipinski definition) is 4. The summed E-state index contributed by atoms with van der Waals surface area (Å²) in [6.45, 7) is 1.21. The molecule has 0 radical (unpaired) electrons. The van der Waals surface area contributed by atoms with Crippen LogP contribution in [0.2, 0.25) is 0 Å². The summed E-state index contributed by atoms with van der Waals surface area (Å²) >= 11 is 0. The summed E-state index contributed by atoms with van der Waals surface area (Å²) in [6.07, 6.45) is 4.43. The van der Waals surface area contributed by atoms with Gasteiger partial charge in [-0.25, -0.2) is 14.3 Å². The molecule has 0 bridgehead atoms. The second-order valence-electron chi connectivity index (χ2n) is 5.43. The number of hydrogen-bond donors (Lipinski definition) is 1. The van der Waals surface area contributed by atoms with Crippen LogP contribution < -0.4 is 5.32 Å². The van der Waals surface area contributed by atoms with Crippen molar-refractivity contribution in [1.82, 2.24) is 14.9 Å². The van der Waals surface area contributed by atoms with E-state index in [9.17, 15) is 4.79 Å². The number of fused-ring (bicyclic) bond motifs is 3. The molecule has 6 heteroatoms. The van der Waals surface area contributed by atoms with Crippen LogP contribution in [0.4, 0.5) is 4.79 Å². The Kier molecular flexibility index (Phi) is 3.12. The molecule has 2 aliphatic rings. The number of aromatic nitrogens is 2. The Morgan fingerprint density at radius 1 is 1.43 bits per heavy atom. The third kappa shape index (κ3) is 2.20. The maximum Gasteiger partial charge on any atom is 0.327 e. The number of carbonyl (C=O) groups is 1. The quantitative estimate of drug-likeness (QED) is 0.919. The molecule has 0 saturated carbocycles. The van der Waals surface area contributed by atoms with E-state index in [1.807, 2.05) is 18.2 Å². The maximum atomic E-state index is 12.1. The molecule has 1 saturated heterocycles. The van der Waals surface area contributed by atoms with Gasteiger partial charge in [0, 0.05) is 18.2 Å². The maximum absolute atomic E-state index is 12.1. The van der Waals surface area contributed by atoms with Gasteiger partial charge in [-0.3, -0.25) is 0 Å². The van der Waals surface area contributed by atoms with Gasteiger partial charge in [-0.1, -0.05) is 0 Å². The first kappa shape index (κ1) is 12.8. The van der Waals surface area contributed by atoms with Crippen LogP contribution in [0.15, 0.2) is 24.4 Å². The predicted molar refractivity (Wildman–Crippen MR) is 75.9 cm³/mol. The van der Waals surface area contributed by atoms with Gasteiger partial charge in [0.25, 0.3) is 0 Å². The molecule has 2 unspecified atom stereocenters. The lowest BCUT2D eigenvalue weighted by atomic mass is 10.2. The summed E-state index contributed by atoms with van der Waals surface area (Å²) in [5.74, 6) is 0. The molecule has 2 atom stereocenters. The third-order valence-electron chi connectivity index (χ3n) is 4.02. The Labute approximate surface area is 122 Å². The first-order valence-corrected chi connectivity index (χ1v) is 7.34. The summed E-state index contributed by atoms with van der Waals surface area (Å²) in [5.41, 5.74) is 1.52. The molecule has 0 aliphatic carbocycles. The molecule has 2 aromatic rings. The number of rotatable bonds is 2. The average Bonchev–Trinajstić information content (AvgIpc) is 2.92. The van der Waals surface area contributed by atoms with Crippen LogP contribution in [0.3, 0.4) is 0 Å². The second kappa shape index (κ2) is 5.13. The van der Waals surface area contributed by atoms with Crippen LogP contribution in [-0.2, 0) is 9.47 Å². The van der Waals surface area contributed by atoms with Crippen molar-refractivity contribution in [3.05, 3.63) is 30.1 Å². The standard InChI is InChI=1S/C15H17N3O3/c19-15-17-9-12(21-13-5-1-2-7-20-13)11-8-10-4-3-6-16-14(10)18(11)15/h3-4,6,8,12-13H,1-2,5,7,9H2,(H,17,19). The highest BCUT2D eigenvalue weighted by Gasteiger charge is 2.31. The van der Waals surface area contributed by atoms with Crippen molar-refractivity contribution in [2.45, 2.75) is 31.7 Å². The van der Waals surface area contributed by atoms with Crippen molar-refractivity contribution in [2.75, 3.05) is 13.2 Å². The summed E-state index contributed by atoms with van der Waals surface area (Å²) in [7, 11) is 0. The molecule has 0 aromatic carbocycles. The van der Waals surface area contributed by atoms with E-state index in [2.05, 4.69) is 10.3 Å². The number of pyridine rings is 1. The van der Waals surface area contributed by atoms with E-state index in [0.717, 1.165) is 36.9 Å². The molecular formula is C15H17N3O3. The minimum absolute atomic E-state index is 0.150. The first-order chi connectivity index (χ1) is 10.3. The monoisotopic (exact) mass is 287 g/mol. The normalized spacial score (nSPS) is 25.6. The third-order valence-corrected chi connectivity index (χ3v) is 4.02. The molecule has 110 valence electrons. The summed E-state index contributed by atoms with van der Waals surface area (Å²) in [5, 5.41) is 3.81. The van der Waals surface area contributed by atoms with Crippen LogP contribution in [0.25, 0.3) is 11.0 Å². The Hall–Kier alpha value is -1.92. The van der Waals surface area contributed by atoms with Crippen molar-refractivity contribution in [1.29, 1.82) is 0 Å². The lowest BCUT2D eigenvalue weighted by molar-refractivity contribution is -0.190. The molecule has 6 nitrogen and oxygen atoms in total.